The SMILES string of the molecule is CC(C)OC(=O)CNCCNS(C)(=O)=O. The molecule has 0 amide bonds. The van der Waals surface area contributed by atoms with Gasteiger partial charge in [0.25, 0.3) is 0 Å². The Labute approximate surface area is 90.4 Å². The van der Waals surface area contributed by atoms with Crippen LogP contribution in [-0.2, 0) is 19.6 Å². The van der Waals surface area contributed by atoms with E-state index in [0.29, 0.717) is 6.54 Å². The molecule has 0 atom stereocenters. The molecule has 0 unspecified atom stereocenters. The number of hydrogen-bond donors (Lipinski definition) is 2. The fraction of sp³-hybridized carbons (Fsp3) is 0.875. The van der Waals surface area contributed by atoms with Gasteiger partial charge in [0.05, 0.1) is 18.9 Å². The first-order chi connectivity index (χ1) is 6.81. The van der Waals surface area contributed by atoms with Gasteiger partial charge >= 0.3 is 5.97 Å². The zero-order chi connectivity index (χ0) is 11.9. The maximum Gasteiger partial charge on any atom is 0.320 e. The van der Waals surface area contributed by atoms with Crippen LogP contribution in [0.4, 0.5) is 0 Å². The number of carbonyl (C=O) groups excluding carboxylic acids is 1. The lowest BCUT2D eigenvalue weighted by Crippen LogP contribution is -2.34. The monoisotopic (exact) mass is 238 g/mol. The van der Waals surface area contributed by atoms with Gasteiger partial charge in [0.2, 0.25) is 10.0 Å². The van der Waals surface area contributed by atoms with E-state index in [1.54, 1.807) is 13.8 Å². The van der Waals surface area contributed by atoms with Crippen LogP contribution in [0.3, 0.4) is 0 Å². The number of sulfonamides is 1. The van der Waals surface area contributed by atoms with E-state index < -0.39 is 10.0 Å². The standard InChI is InChI=1S/C8H18N2O4S/c1-7(2)14-8(11)6-9-4-5-10-15(3,12)13/h7,9-10H,4-6H2,1-3H3. The number of ether oxygens (including phenoxy) is 1. The van der Waals surface area contributed by atoms with E-state index in [1.807, 2.05) is 0 Å². The molecule has 0 aliphatic heterocycles. The van der Waals surface area contributed by atoms with Gasteiger partial charge in [-0.2, -0.15) is 0 Å². The van der Waals surface area contributed by atoms with E-state index in [9.17, 15) is 13.2 Å². The molecule has 0 rings (SSSR count). The summed E-state index contributed by atoms with van der Waals surface area (Å²) in [5.74, 6) is -0.343. The van der Waals surface area contributed by atoms with Crippen molar-refractivity contribution in [3.05, 3.63) is 0 Å². The maximum atomic E-state index is 11.0. The summed E-state index contributed by atoms with van der Waals surface area (Å²) in [6, 6.07) is 0. The highest BCUT2D eigenvalue weighted by molar-refractivity contribution is 7.88. The first kappa shape index (κ1) is 14.3. The minimum absolute atomic E-state index is 0.0869. The zero-order valence-corrected chi connectivity index (χ0v) is 10.1. The first-order valence-corrected chi connectivity index (χ1v) is 6.55. The summed E-state index contributed by atoms with van der Waals surface area (Å²) in [4.78, 5) is 11.0. The number of esters is 1. The van der Waals surface area contributed by atoms with Crippen molar-refractivity contribution in [2.24, 2.45) is 0 Å². The Morgan fingerprint density at radius 3 is 2.40 bits per heavy atom. The molecule has 7 heteroatoms. The molecule has 0 aliphatic carbocycles. The van der Waals surface area contributed by atoms with Gasteiger partial charge in [-0.3, -0.25) is 4.79 Å². The summed E-state index contributed by atoms with van der Waals surface area (Å²) in [5, 5.41) is 2.76. The normalized spacial score (nSPS) is 11.7. The molecular weight excluding hydrogens is 220 g/mol. The molecule has 6 nitrogen and oxygen atoms in total. The second-order valence-electron chi connectivity index (χ2n) is 3.38. The number of nitrogens with one attached hydrogen (secondary N) is 2. The van der Waals surface area contributed by atoms with Crippen molar-refractivity contribution in [3.63, 3.8) is 0 Å². The topological polar surface area (TPSA) is 84.5 Å². The molecule has 0 saturated carbocycles. The zero-order valence-electron chi connectivity index (χ0n) is 9.24. The van der Waals surface area contributed by atoms with Crippen LogP contribution in [0.15, 0.2) is 0 Å². The van der Waals surface area contributed by atoms with Crippen molar-refractivity contribution < 1.29 is 17.9 Å². The quantitative estimate of drug-likeness (QED) is 0.442. The minimum Gasteiger partial charge on any atom is -0.462 e. The third-order valence-electron chi connectivity index (χ3n) is 1.30. The lowest BCUT2D eigenvalue weighted by atomic mass is 10.5. The first-order valence-electron chi connectivity index (χ1n) is 4.66. The molecule has 0 aromatic rings. The molecule has 0 bridgehead atoms. The lowest BCUT2D eigenvalue weighted by Gasteiger charge is -2.08. The van der Waals surface area contributed by atoms with E-state index in [4.69, 9.17) is 4.74 Å². The van der Waals surface area contributed by atoms with Crippen LogP contribution in [0, 0.1) is 0 Å². The predicted octanol–water partition coefficient (Wildman–Crippen LogP) is -0.923. The summed E-state index contributed by atoms with van der Waals surface area (Å²) in [5.41, 5.74) is 0. The van der Waals surface area contributed by atoms with Crippen molar-refractivity contribution >= 4 is 16.0 Å². The Balaban J connectivity index is 3.43. The highest BCUT2D eigenvalue weighted by Gasteiger charge is 2.04. The van der Waals surface area contributed by atoms with Gasteiger partial charge in [-0.25, -0.2) is 13.1 Å². The lowest BCUT2D eigenvalue weighted by molar-refractivity contribution is -0.146. The number of rotatable bonds is 7. The largest absolute Gasteiger partial charge is 0.462 e. The summed E-state index contributed by atoms with van der Waals surface area (Å²) >= 11 is 0. The highest BCUT2D eigenvalue weighted by atomic mass is 32.2. The van der Waals surface area contributed by atoms with Crippen LogP contribution in [-0.4, -0.2) is 46.4 Å². The minimum atomic E-state index is -3.15. The molecule has 0 saturated heterocycles. The van der Waals surface area contributed by atoms with Gasteiger partial charge in [-0.05, 0) is 13.8 Å². The summed E-state index contributed by atoms with van der Waals surface area (Å²) in [6.07, 6.45) is 0.952. The van der Waals surface area contributed by atoms with Gasteiger partial charge in [0.15, 0.2) is 0 Å². The Morgan fingerprint density at radius 2 is 1.93 bits per heavy atom. The van der Waals surface area contributed by atoms with Gasteiger partial charge in [0, 0.05) is 13.1 Å². The smallest absolute Gasteiger partial charge is 0.320 e. The fourth-order valence-corrected chi connectivity index (χ4v) is 1.29. The van der Waals surface area contributed by atoms with Gasteiger partial charge in [-0.15, -0.1) is 0 Å². The molecule has 0 spiro atoms. The summed E-state index contributed by atoms with van der Waals surface area (Å²) in [6.45, 7) is 4.27. The molecule has 0 radical (unpaired) electrons. The van der Waals surface area contributed by atoms with Crippen LogP contribution in [0.25, 0.3) is 0 Å². The second-order valence-corrected chi connectivity index (χ2v) is 5.21. The van der Waals surface area contributed by atoms with Crippen molar-refractivity contribution in [1.29, 1.82) is 0 Å². The maximum absolute atomic E-state index is 11.0. The van der Waals surface area contributed by atoms with Crippen LogP contribution >= 0.6 is 0 Å². The predicted molar refractivity (Wildman–Crippen MR) is 56.9 cm³/mol. The van der Waals surface area contributed by atoms with Crippen LogP contribution < -0.4 is 10.0 Å². The molecule has 90 valence electrons. The molecule has 2 N–H and O–H groups in total. The number of hydrogen-bond acceptors (Lipinski definition) is 5. The van der Waals surface area contributed by atoms with Crippen LogP contribution in [0.5, 0.6) is 0 Å². The van der Waals surface area contributed by atoms with Gasteiger partial charge in [0.1, 0.15) is 0 Å². The van der Waals surface area contributed by atoms with E-state index in [2.05, 4.69) is 10.0 Å². The van der Waals surface area contributed by atoms with E-state index in [1.165, 1.54) is 0 Å². The van der Waals surface area contributed by atoms with Gasteiger partial charge in [-0.1, -0.05) is 0 Å². The van der Waals surface area contributed by atoms with Crippen molar-refractivity contribution in [3.8, 4) is 0 Å². The molecule has 0 heterocycles. The Kier molecular flexibility index (Phi) is 6.46. The average Bonchev–Trinajstić information content (AvgIpc) is 1.99. The van der Waals surface area contributed by atoms with Gasteiger partial charge < -0.3 is 10.1 Å². The molecular formula is C8H18N2O4S. The van der Waals surface area contributed by atoms with Crippen molar-refractivity contribution in [2.45, 2.75) is 20.0 Å². The molecule has 0 fully saturated rings. The molecule has 15 heavy (non-hydrogen) atoms. The van der Waals surface area contributed by atoms with E-state index in [-0.39, 0.29) is 25.2 Å². The Hall–Kier alpha value is -0.660. The molecule has 0 aromatic carbocycles. The Bertz CT molecular complexity index is 287. The van der Waals surface area contributed by atoms with E-state index in [0.717, 1.165) is 6.26 Å². The van der Waals surface area contributed by atoms with Crippen molar-refractivity contribution in [1.82, 2.24) is 10.0 Å². The van der Waals surface area contributed by atoms with Crippen molar-refractivity contribution in [2.75, 3.05) is 25.9 Å². The fourth-order valence-electron chi connectivity index (χ4n) is 0.820. The molecule has 0 aromatic heterocycles. The highest BCUT2D eigenvalue weighted by Crippen LogP contribution is 1.86. The van der Waals surface area contributed by atoms with E-state index >= 15 is 0 Å². The number of carbonyl (C=O) groups is 1. The second kappa shape index (κ2) is 6.76. The third-order valence-corrected chi connectivity index (χ3v) is 2.03. The third kappa shape index (κ3) is 11.3. The summed E-state index contributed by atoms with van der Waals surface area (Å²) in [7, 11) is -3.15. The van der Waals surface area contributed by atoms with Crippen LogP contribution in [0.1, 0.15) is 13.8 Å². The average molecular weight is 238 g/mol. The summed E-state index contributed by atoms with van der Waals surface area (Å²) < 4.78 is 28.4. The Morgan fingerprint density at radius 1 is 1.33 bits per heavy atom. The molecule has 0 aliphatic rings. The van der Waals surface area contributed by atoms with Crippen LogP contribution in [0.2, 0.25) is 0 Å².